The van der Waals surface area contributed by atoms with Gasteiger partial charge in [-0.05, 0) is 47.5 Å². The van der Waals surface area contributed by atoms with E-state index >= 15 is 0 Å². The smallest absolute Gasteiger partial charge is 0.245 e. The van der Waals surface area contributed by atoms with Crippen LogP contribution in [-0.4, -0.2) is 24.1 Å². The van der Waals surface area contributed by atoms with Crippen molar-refractivity contribution in [3.05, 3.63) is 59.8 Å². The van der Waals surface area contributed by atoms with Crippen LogP contribution in [0.25, 0.3) is 22.0 Å². The van der Waals surface area contributed by atoms with Crippen LogP contribution in [0.15, 0.2) is 48.7 Å². The second-order valence-corrected chi connectivity index (χ2v) is 5.98. The van der Waals surface area contributed by atoms with Gasteiger partial charge in [0.15, 0.2) is 0 Å². The largest absolute Gasteiger partial charge is 0.316 e. The van der Waals surface area contributed by atoms with Gasteiger partial charge in [-0.25, -0.2) is 0 Å². The van der Waals surface area contributed by atoms with Crippen LogP contribution in [0.1, 0.15) is 15.9 Å². The van der Waals surface area contributed by atoms with Crippen LogP contribution in [-0.2, 0) is 13.1 Å². The Bertz CT molecular complexity index is 878. The van der Waals surface area contributed by atoms with Crippen LogP contribution in [0.5, 0.6) is 0 Å². The maximum Gasteiger partial charge on any atom is 0.245 e. The van der Waals surface area contributed by atoms with Crippen molar-refractivity contribution in [3.63, 3.8) is 0 Å². The third-order valence-corrected chi connectivity index (χ3v) is 4.39. The maximum atomic E-state index is 12.1. The first-order chi connectivity index (χ1) is 11.3. The van der Waals surface area contributed by atoms with Crippen LogP contribution in [0.4, 0.5) is 0 Å². The second kappa shape index (κ2) is 5.65. The van der Waals surface area contributed by atoms with E-state index in [1.165, 1.54) is 22.3 Å². The topological polar surface area (TPSA) is 46.1 Å². The zero-order valence-corrected chi connectivity index (χ0v) is 13.1. The third kappa shape index (κ3) is 2.46. The van der Waals surface area contributed by atoms with Crippen molar-refractivity contribution in [2.75, 3.05) is 13.6 Å². The molecular weight excluding hydrogens is 286 g/mol. The summed E-state index contributed by atoms with van der Waals surface area (Å²) in [7, 11) is 1.95. The molecule has 0 atom stereocenters. The molecule has 0 radical (unpaired) electrons. The molecule has 23 heavy (non-hydrogen) atoms. The van der Waals surface area contributed by atoms with Crippen LogP contribution >= 0.6 is 0 Å². The van der Waals surface area contributed by atoms with Crippen molar-refractivity contribution in [2.24, 2.45) is 0 Å². The summed E-state index contributed by atoms with van der Waals surface area (Å²) in [6.07, 6.45) is 1.88. The minimum atomic E-state index is 0.0999. The fourth-order valence-corrected chi connectivity index (χ4v) is 3.29. The van der Waals surface area contributed by atoms with Gasteiger partial charge in [0.1, 0.15) is 0 Å². The van der Waals surface area contributed by atoms with Gasteiger partial charge in [-0.2, -0.15) is 0 Å². The Morgan fingerprint density at radius 2 is 1.91 bits per heavy atom. The SMILES string of the molecule is CNCc1ccc(-c2cc3c4c(ccn4C(=O)CNC3)c2)cc1. The number of hydrogen-bond acceptors (Lipinski definition) is 3. The molecule has 3 aromatic rings. The lowest BCUT2D eigenvalue weighted by Crippen LogP contribution is -2.23. The van der Waals surface area contributed by atoms with E-state index in [2.05, 4.69) is 47.0 Å². The lowest BCUT2D eigenvalue weighted by Gasteiger charge is -2.09. The van der Waals surface area contributed by atoms with Gasteiger partial charge in [-0.15, -0.1) is 0 Å². The molecule has 4 heteroatoms. The molecule has 2 heterocycles. The molecule has 0 aliphatic carbocycles. The van der Waals surface area contributed by atoms with Crippen molar-refractivity contribution < 1.29 is 4.79 Å². The number of carbonyl (C=O) groups is 1. The summed E-state index contributed by atoms with van der Waals surface area (Å²) >= 11 is 0. The molecule has 4 rings (SSSR count). The van der Waals surface area contributed by atoms with E-state index < -0.39 is 0 Å². The molecule has 4 nitrogen and oxygen atoms in total. The fourth-order valence-electron chi connectivity index (χ4n) is 3.29. The number of nitrogens with one attached hydrogen (secondary N) is 2. The Balaban J connectivity index is 1.82. The number of carbonyl (C=O) groups excluding carboxylic acids is 1. The molecule has 0 saturated carbocycles. The summed E-state index contributed by atoms with van der Waals surface area (Å²) < 4.78 is 1.77. The quantitative estimate of drug-likeness (QED) is 0.782. The van der Waals surface area contributed by atoms with Crippen LogP contribution in [0.2, 0.25) is 0 Å². The molecule has 1 aliphatic heterocycles. The highest BCUT2D eigenvalue weighted by Gasteiger charge is 2.17. The first kappa shape index (κ1) is 14.2. The minimum absolute atomic E-state index is 0.0999. The van der Waals surface area contributed by atoms with E-state index in [0.29, 0.717) is 6.54 Å². The molecule has 2 aromatic carbocycles. The summed E-state index contributed by atoms with van der Waals surface area (Å²) in [5.74, 6) is 0.0999. The van der Waals surface area contributed by atoms with Crippen molar-refractivity contribution in [3.8, 4) is 11.1 Å². The molecular formula is C19H19N3O. The second-order valence-electron chi connectivity index (χ2n) is 5.98. The average Bonchev–Trinajstić information content (AvgIpc) is 2.92. The van der Waals surface area contributed by atoms with Crippen molar-refractivity contribution in [1.29, 1.82) is 0 Å². The predicted octanol–water partition coefficient (Wildman–Crippen LogP) is 2.77. The van der Waals surface area contributed by atoms with Gasteiger partial charge in [0.05, 0.1) is 12.1 Å². The van der Waals surface area contributed by atoms with Gasteiger partial charge in [0.25, 0.3) is 0 Å². The van der Waals surface area contributed by atoms with E-state index in [-0.39, 0.29) is 5.91 Å². The molecule has 0 bridgehead atoms. The highest BCUT2D eigenvalue weighted by Crippen LogP contribution is 2.29. The summed E-state index contributed by atoms with van der Waals surface area (Å²) in [5, 5.41) is 7.50. The summed E-state index contributed by atoms with van der Waals surface area (Å²) in [5.41, 5.74) is 5.88. The predicted molar refractivity (Wildman–Crippen MR) is 92.5 cm³/mol. The van der Waals surface area contributed by atoms with Gasteiger partial charge < -0.3 is 10.6 Å². The number of benzene rings is 2. The van der Waals surface area contributed by atoms with E-state index in [4.69, 9.17) is 0 Å². The first-order valence-electron chi connectivity index (χ1n) is 7.88. The normalized spacial score (nSPS) is 14.2. The van der Waals surface area contributed by atoms with E-state index in [0.717, 1.165) is 24.0 Å². The van der Waals surface area contributed by atoms with Crippen LogP contribution < -0.4 is 10.6 Å². The fraction of sp³-hybridized carbons (Fsp3) is 0.211. The Morgan fingerprint density at radius 1 is 1.09 bits per heavy atom. The van der Waals surface area contributed by atoms with E-state index in [1.54, 1.807) is 4.57 Å². The highest BCUT2D eigenvalue weighted by molar-refractivity contribution is 5.97. The van der Waals surface area contributed by atoms with Gasteiger partial charge in [0, 0.05) is 24.7 Å². The van der Waals surface area contributed by atoms with Gasteiger partial charge in [-0.1, -0.05) is 24.3 Å². The molecule has 0 unspecified atom stereocenters. The summed E-state index contributed by atoms with van der Waals surface area (Å²) in [4.78, 5) is 12.1. The molecule has 116 valence electrons. The number of nitrogens with zero attached hydrogens (tertiary/aromatic N) is 1. The van der Waals surface area contributed by atoms with Gasteiger partial charge in [-0.3, -0.25) is 9.36 Å². The first-order valence-corrected chi connectivity index (χ1v) is 7.88. The molecule has 2 N–H and O–H groups in total. The Kier molecular flexibility index (Phi) is 3.48. The highest BCUT2D eigenvalue weighted by atomic mass is 16.2. The average molecular weight is 305 g/mol. The van der Waals surface area contributed by atoms with Crippen LogP contribution in [0, 0.1) is 0 Å². The third-order valence-electron chi connectivity index (χ3n) is 4.39. The van der Waals surface area contributed by atoms with Crippen molar-refractivity contribution in [1.82, 2.24) is 15.2 Å². The number of aromatic nitrogens is 1. The summed E-state index contributed by atoms with van der Waals surface area (Å²) in [6, 6.07) is 15.0. The van der Waals surface area contributed by atoms with E-state index in [1.807, 2.05) is 19.3 Å². The molecule has 1 aliphatic rings. The molecule has 0 fully saturated rings. The summed E-state index contributed by atoms with van der Waals surface area (Å²) in [6.45, 7) is 1.98. The Hall–Kier alpha value is -2.43. The van der Waals surface area contributed by atoms with Crippen LogP contribution in [0.3, 0.4) is 0 Å². The lowest BCUT2D eigenvalue weighted by atomic mass is 9.99. The standard InChI is InChI=1S/C19H19N3O/c1-20-10-13-2-4-14(5-3-13)16-8-15-6-7-22-18(23)12-21-11-17(9-16)19(15)22/h2-9,20-21H,10-12H2,1H3. The molecule has 1 aromatic heterocycles. The molecule has 0 spiro atoms. The minimum Gasteiger partial charge on any atom is -0.316 e. The Labute approximate surface area is 135 Å². The van der Waals surface area contributed by atoms with Gasteiger partial charge >= 0.3 is 0 Å². The van der Waals surface area contributed by atoms with Crippen molar-refractivity contribution >= 4 is 16.8 Å². The van der Waals surface area contributed by atoms with E-state index in [9.17, 15) is 4.79 Å². The zero-order chi connectivity index (χ0) is 15.8. The molecule has 0 saturated heterocycles. The Morgan fingerprint density at radius 3 is 2.70 bits per heavy atom. The zero-order valence-electron chi connectivity index (χ0n) is 13.1. The number of hydrogen-bond donors (Lipinski definition) is 2. The molecule has 0 amide bonds. The lowest BCUT2D eigenvalue weighted by molar-refractivity contribution is 0.0920. The maximum absolute atomic E-state index is 12.1. The van der Waals surface area contributed by atoms with Gasteiger partial charge in [0.2, 0.25) is 5.91 Å². The van der Waals surface area contributed by atoms with Crippen molar-refractivity contribution in [2.45, 2.75) is 13.1 Å². The number of rotatable bonds is 3. The monoisotopic (exact) mass is 305 g/mol.